The van der Waals surface area contributed by atoms with Crippen molar-refractivity contribution in [3.8, 4) is 33.7 Å². The summed E-state index contributed by atoms with van der Waals surface area (Å²) < 4.78 is 12.8. The van der Waals surface area contributed by atoms with E-state index >= 15 is 0 Å². The topological polar surface area (TPSA) is 42.4 Å². The van der Waals surface area contributed by atoms with E-state index in [0.717, 1.165) is 66.8 Å². The molecule has 0 saturated carbocycles. The smallest absolute Gasteiger partial charge is 0.227 e. The number of fused-ring (bicyclic) bond motifs is 7. The SMILES string of the molecule is CC1(C)c2ccccc2-c2ccc(N(c3ccc(-c4cccc5oc(-c6ccccc6)nc45)cc3)c3cccc4c3oc3ccccc34)cc21. The van der Waals surface area contributed by atoms with Crippen molar-refractivity contribution in [2.45, 2.75) is 19.3 Å². The Morgan fingerprint density at radius 2 is 1.18 bits per heavy atom. The second kappa shape index (κ2) is 10.8. The van der Waals surface area contributed by atoms with E-state index in [1.165, 1.54) is 22.3 Å². The Bertz CT molecular complexity index is 2730. The number of para-hydroxylation sites is 3. The Balaban J connectivity index is 1.13. The molecule has 2 heterocycles. The summed E-state index contributed by atoms with van der Waals surface area (Å²) in [4.78, 5) is 7.27. The summed E-state index contributed by atoms with van der Waals surface area (Å²) >= 11 is 0. The Hall–Kier alpha value is -6.39. The average Bonchev–Trinajstić information content (AvgIpc) is 3.84. The summed E-state index contributed by atoms with van der Waals surface area (Å²) in [5.41, 5.74) is 14.7. The van der Waals surface area contributed by atoms with Gasteiger partial charge in [0.05, 0.1) is 5.69 Å². The molecular weight excluding hydrogens is 613 g/mol. The van der Waals surface area contributed by atoms with Crippen LogP contribution in [0.2, 0.25) is 0 Å². The number of nitrogens with zero attached hydrogens (tertiary/aromatic N) is 2. The highest BCUT2D eigenvalue weighted by molar-refractivity contribution is 6.10. The van der Waals surface area contributed by atoms with E-state index in [1.54, 1.807) is 0 Å². The maximum Gasteiger partial charge on any atom is 0.227 e. The van der Waals surface area contributed by atoms with Gasteiger partial charge in [-0.15, -0.1) is 0 Å². The third kappa shape index (κ3) is 4.28. The highest BCUT2D eigenvalue weighted by Gasteiger charge is 2.36. The highest BCUT2D eigenvalue weighted by atomic mass is 16.3. The number of benzene rings is 7. The summed E-state index contributed by atoms with van der Waals surface area (Å²) in [6.07, 6.45) is 0. The van der Waals surface area contributed by atoms with Gasteiger partial charge in [-0.1, -0.05) is 117 Å². The van der Waals surface area contributed by atoms with E-state index in [-0.39, 0.29) is 5.41 Å². The van der Waals surface area contributed by atoms with Crippen molar-refractivity contribution < 1.29 is 8.83 Å². The third-order valence-corrected chi connectivity index (χ3v) is 10.3. The van der Waals surface area contributed by atoms with Crippen molar-refractivity contribution in [1.29, 1.82) is 0 Å². The monoisotopic (exact) mass is 644 g/mol. The third-order valence-electron chi connectivity index (χ3n) is 10.3. The first-order valence-electron chi connectivity index (χ1n) is 17.0. The Morgan fingerprint density at radius 3 is 2.06 bits per heavy atom. The van der Waals surface area contributed by atoms with Gasteiger partial charge in [-0.05, 0) is 82.4 Å². The predicted molar refractivity (Wildman–Crippen MR) is 204 cm³/mol. The van der Waals surface area contributed by atoms with Crippen molar-refractivity contribution in [1.82, 2.24) is 4.98 Å². The molecule has 10 rings (SSSR count). The lowest BCUT2D eigenvalue weighted by atomic mass is 9.82. The molecule has 0 aliphatic heterocycles. The Morgan fingerprint density at radius 1 is 0.500 bits per heavy atom. The fraction of sp³-hybridized carbons (Fsp3) is 0.0652. The van der Waals surface area contributed by atoms with Crippen LogP contribution in [0.3, 0.4) is 0 Å². The molecule has 0 bridgehead atoms. The average molecular weight is 645 g/mol. The minimum absolute atomic E-state index is 0.127. The number of hydrogen-bond acceptors (Lipinski definition) is 4. The number of rotatable bonds is 5. The molecule has 0 spiro atoms. The number of hydrogen-bond donors (Lipinski definition) is 0. The molecular formula is C46H32N2O2. The lowest BCUT2D eigenvalue weighted by molar-refractivity contribution is 0.620. The van der Waals surface area contributed by atoms with Gasteiger partial charge in [-0.2, -0.15) is 0 Å². The molecule has 238 valence electrons. The van der Waals surface area contributed by atoms with Crippen LogP contribution in [0.15, 0.2) is 167 Å². The van der Waals surface area contributed by atoms with Gasteiger partial charge in [0.2, 0.25) is 5.89 Å². The molecule has 7 aromatic carbocycles. The summed E-state index contributed by atoms with van der Waals surface area (Å²) in [6, 6.07) is 55.3. The van der Waals surface area contributed by atoms with Crippen molar-refractivity contribution in [2.75, 3.05) is 4.90 Å². The van der Waals surface area contributed by atoms with E-state index < -0.39 is 0 Å². The first-order valence-corrected chi connectivity index (χ1v) is 17.0. The van der Waals surface area contributed by atoms with Crippen molar-refractivity contribution in [3.63, 3.8) is 0 Å². The summed E-state index contributed by atoms with van der Waals surface area (Å²) in [6.45, 7) is 4.66. The Labute approximate surface area is 289 Å². The van der Waals surface area contributed by atoms with Crippen molar-refractivity contribution >= 4 is 50.1 Å². The lowest BCUT2D eigenvalue weighted by Gasteiger charge is -2.28. The summed E-state index contributed by atoms with van der Waals surface area (Å²) in [5, 5.41) is 2.21. The van der Waals surface area contributed by atoms with E-state index in [9.17, 15) is 0 Å². The van der Waals surface area contributed by atoms with Gasteiger partial charge < -0.3 is 13.7 Å². The summed E-state index contributed by atoms with van der Waals surface area (Å²) in [7, 11) is 0. The van der Waals surface area contributed by atoms with Crippen LogP contribution in [0.4, 0.5) is 17.1 Å². The molecule has 0 unspecified atom stereocenters. The lowest BCUT2D eigenvalue weighted by Crippen LogP contribution is -2.16. The fourth-order valence-electron chi connectivity index (χ4n) is 7.84. The van der Waals surface area contributed by atoms with E-state index in [1.807, 2.05) is 54.6 Å². The van der Waals surface area contributed by atoms with Gasteiger partial charge in [0.15, 0.2) is 11.2 Å². The largest absolute Gasteiger partial charge is 0.454 e. The zero-order chi connectivity index (χ0) is 33.4. The van der Waals surface area contributed by atoms with Gasteiger partial charge in [0.25, 0.3) is 0 Å². The standard InChI is InChI=1S/C46H32N2O2/c1-46(2)38-18-8-6-14-34(38)35-27-26-32(28-39(35)46)48(40-19-10-17-37-36-15-7-9-20-41(36)49-44(37)40)31-24-22-29(23-25-31)33-16-11-21-42-43(33)47-45(50-42)30-12-4-3-5-13-30/h3-28H,1-2H3. The zero-order valence-corrected chi connectivity index (χ0v) is 27.7. The minimum atomic E-state index is -0.127. The molecule has 4 nitrogen and oxygen atoms in total. The van der Waals surface area contributed by atoms with Gasteiger partial charge >= 0.3 is 0 Å². The van der Waals surface area contributed by atoms with Crippen molar-refractivity contribution in [3.05, 3.63) is 169 Å². The van der Waals surface area contributed by atoms with Crippen LogP contribution in [0.1, 0.15) is 25.0 Å². The van der Waals surface area contributed by atoms with Crippen LogP contribution in [-0.4, -0.2) is 4.98 Å². The Kier molecular flexibility index (Phi) is 6.19. The molecule has 2 aromatic heterocycles. The van der Waals surface area contributed by atoms with E-state index in [0.29, 0.717) is 5.89 Å². The number of furan rings is 1. The fourth-order valence-corrected chi connectivity index (χ4v) is 7.84. The van der Waals surface area contributed by atoms with Gasteiger partial charge in [0.1, 0.15) is 11.1 Å². The molecule has 1 aliphatic rings. The van der Waals surface area contributed by atoms with Crippen LogP contribution in [-0.2, 0) is 5.41 Å². The van der Waals surface area contributed by atoms with Crippen molar-refractivity contribution in [2.24, 2.45) is 0 Å². The second-order valence-corrected chi connectivity index (χ2v) is 13.6. The maximum absolute atomic E-state index is 6.61. The molecule has 0 N–H and O–H groups in total. The van der Waals surface area contributed by atoms with Gasteiger partial charge in [-0.3, -0.25) is 0 Å². The molecule has 1 aliphatic carbocycles. The molecule has 0 amide bonds. The number of aromatic nitrogens is 1. The summed E-state index contributed by atoms with van der Waals surface area (Å²) in [5.74, 6) is 0.622. The first kappa shape index (κ1) is 28.6. The predicted octanol–water partition coefficient (Wildman–Crippen LogP) is 12.8. The molecule has 0 fully saturated rings. The van der Waals surface area contributed by atoms with Gasteiger partial charge in [0, 0.05) is 38.7 Å². The molecule has 50 heavy (non-hydrogen) atoms. The minimum Gasteiger partial charge on any atom is -0.454 e. The molecule has 4 heteroatoms. The van der Waals surface area contributed by atoms with Crippen LogP contribution in [0, 0.1) is 0 Å². The normalized spacial score (nSPS) is 13.2. The van der Waals surface area contributed by atoms with Crippen LogP contribution in [0.5, 0.6) is 0 Å². The van der Waals surface area contributed by atoms with E-state index in [4.69, 9.17) is 13.8 Å². The number of oxazole rings is 1. The second-order valence-electron chi connectivity index (χ2n) is 13.6. The first-order chi connectivity index (χ1) is 24.5. The molecule has 9 aromatic rings. The van der Waals surface area contributed by atoms with Crippen LogP contribution < -0.4 is 4.90 Å². The maximum atomic E-state index is 6.61. The van der Waals surface area contributed by atoms with Gasteiger partial charge in [-0.25, -0.2) is 4.98 Å². The molecule has 0 saturated heterocycles. The van der Waals surface area contributed by atoms with Crippen LogP contribution in [0.25, 0.3) is 66.7 Å². The molecule has 0 radical (unpaired) electrons. The van der Waals surface area contributed by atoms with Crippen LogP contribution >= 0.6 is 0 Å². The quantitative estimate of drug-likeness (QED) is 0.187. The van der Waals surface area contributed by atoms with E-state index in [2.05, 4.69) is 122 Å². The zero-order valence-electron chi connectivity index (χ0n) is 27.7. The molecule has 0 atom stereocenters. The highest BCUT2D eigenvalue weighted by Crippen LogP contribution is 2.51. The number of anilines is 3.